The van der Waals surface area contributed by atoms with E-state index in [4.69, 9.17) is 11.6 Å². The standard InChI is InChI=1S/C24H31ClFN5O2S/c1-5-22-28-29-23(31(22)16-10-11-27-14-16)18-12-19(25)20(26)13-21(18)30-34(32,33)17-8-6-15(7-9-17)24(2,3)4/h6-9,12-13,16,22,27-28,30H,5,10-11,14H2,1-4H3/t16-,22?/m0/s1. The van der Waals surface area contributed by atoms with Crippen molar-refractivity contribution in [3.63, 3.8) is 0 Å². The summed E-state index contributed by atoms with van der Waals surface area (Å²) < 4.78 is 43.6. The summed E-state index contributed by atoms with van der Waals surface area (Å²) in [6.45, 7) is 9.90. The van der Waals surface area contributed by atoms with Crippen molar-refractivity contribution in [2.75, 3.05) is 17.8 Å². The van der Waals surface area contributed by atoms with Crippen LogP contribution in [0.5, 0.6) is 0 Å². The summed E-state index contributed by atoms with van der Waals surface area (Å²) in [4.78, 5) is 2.23. The van der Waals surface area contributed by atoms with E-state index >= 15 is 0 Å². The fraction of sp³-hybridized carbons (Fsp3) is 0.458. The van der Waals surface area contributed by atoms with E-state index in [-0.39, 0.29) is 33.2 Å². The Hall–Kier alpha value is -2.36. The van der Waals surface area contributed by atoms with Crippen molar-refractivity contribution < 1.29 is 12.8 Å². The quantitative estimate of drug-likeness (QED) is 0.544. The lowest BCUT2D eigenvalue weighted by molar-refractivity contribution is 0.235. The summed E-state index contributed by atoms with van der Waals surface area (Å²) in [6.07, 6.45) is 1.67. The molecule has 2 aliphatic rings. The average molecular weight is 508 g/mol. The maximum atomic E-state index is 14.5. The Labute approximate surface area is 205 Å². The van der Waals surface area contributed by atoms with Crippen molar-refractivity contribution in [3.8, 4) is 0 Å². The third kappa shape index (κ3) is 4.87. The highest BCUT2D eigenvalue weighted by atomic mass is 35.5. The number of nitrogens with one attached hydrogen (secondary N) is 3. The first-order valence-corrected chi connectivity index (χ1v) is 13.3. The molecule has 2 heterocycles. The molecule has 3 N–H and O–H groups in total. The maximum Gasteiger partial charge on any atom is 0.261 e. The molecule has 34 heavy (non-hydrogen) atoms. The molecule has 2 aliphatic heterocycles. The monoisotopic (exact) mass is 507 g/mol. The van der Waals surface area contributed by atoms with Gasteiger partial charge in [0.05, 0.1) is 15.6 Å². The van der Waals surface area contributed by atoms with Crippen LogP contribution in [0.1, 0.15) is 51.7 Å². The second kappa shape index (κ2) is 9.36. The van der Waals surface area contributed by atoms with Crippen LogP contribution in [0.15, 0.2) is 46.4 Å². The molecule has 10 heteroatoms. The first-order valence-electron chi connectivity index (χ1n) is 11.5. The van der Waals surface area contributed by atoms with Crippen LogP contribution in [-0.2, 0) is 15.4 Å². The summed E-state index contributed by atoms with van der Waals surface area (Å²) in [5.74, 6) is -0.165. The van der Waals surface area contributed by atoms with E-state index in [2.05, 4.69) is 46.2 Å². The van der Waals surface area contributed by atoms with Gasteiger partial charge in [-0.15, -0.1) is 0 Å². The van der Waals surface area contributed by atoms with Gasteiger partial charge < -0.3 is 10.2 Å². The van der Waals surface area contributed by atoms with Crippen LogP contribution in [0.3, 0.4) is 0 Å². The summed E-state index contributed by atoms with van der Waals surface area (Å²) >= 11 is 6.13. The molecule has 1 unspecified atom stereocenters. The Morgan fingerprint density at radius 1 is 1.24 bits per heavy atom. The highest BCUT2D eigenvalue weighted by Gasteiger charge is 2.36. The van der Waals surface area contributed by atoms with Gasteiger partial charge in [0.1, 0.15) is 12.0 Å². The largest absolute Gasteiger partial charge is 0.329 e. The molecule has 0 bridgehead atoms. The van der Waals surface area contributed by atoms with E-state index in [0.717, 1.165) is 37.6 Å². The minimum atomic E-state index is -3.98. The van der Waals surface area contributed by atoms with Crippen molar-refractivity contribution in [2.45, 2.75) is 63.1 Å². The van der Waals surface area contributed by atoms with Gasteiger partial charge >= 0.3 is 0 Å². The molecule has 184 valence electrons. The SMILES string of the molecule is CCC1NN=C(c2cc(Cl)c(F)cc2NS(=O)(=O)c2ccc(C(C)(C)C)cc2)N1[C@H]1CCNC1. The Morgan fingerprint density at radius 2 is 1.94 bits per heavy atom. The topological polar surface area (TPSA) is 85.8 Å². The van der Waals surface area contributed by atoms with E-state index in [1.165, 1.54) is 6.07 Å². The Morgan fingerprint density at radius 3 is 2.53 bits per heavy atom. The van der Waals surface area contributed by atoms with Crippen LogP contribution < -0.4 is 15.5 Å². The molecule has 2 aromatic carbocycles. The zero-order valence-corrected chi connectivity index (χ0v) is 21.4. The Kier molecular flexibility index (Phi) is 6.81. The molecule has 0 radical (unpaired) electrons. The third-order valence-corrected chi connectivity index (χ3v) is 7.96. The van der Waals surface area contributed by atoms with Crippen LogP contribution in [0.2, 0.25) is 5.02 Å². The highest BCUT2D eigenvalue weighted by molar-refractivity contribution is 7.92. The molecule has 0 aromatic heterocycles. The van der Waals surface area contributed by atoms with Crippen molar-refractivity contribution in [1.29, 1.82) is 0 Å². The second-order valence-corrected chi connectivity index (χ2v) is 11.8. The molecular weight excluding hydrogens is 477 g/mol. The molecule has 7 nitrogen and oxygen atoms in total. The second-order valence-electron chi connectivity index (χ2n) is 9.73. The lowest BCUT2D eigenvalue weighted by Gasteiger charge is -2.32. The van der Waals surface area contributed by atoms with E-state index in [9.17, 15) is 12.8 Å². The molecule has 0 saturated carbocycles. The zero-order valence-electron chi connectivity index (χ0n) is 19.8. The smallest absolute Gasteiger partial charge is 0.261 e. The molecule has 1 fully saturated rings. The van der Waals surface area contributed by atoms with Crippen molar-refractivity contribution in [2.24, 2.45) is 5.10 Å². The first-order chi connectivity index (χ1) is 16.0. The van der Waals surface area contributed by atoms with E-state index in [0.29, 0.717) is 11.4 Å². The van der Waals surface area contributed by atoms with Gasteiger partial charge in [-0.25, -0.2) is 12.8 Å². The van der Waals surface area contributed by atoms with Gasteiger partial charge in [-0.3, -0.25) is 10.1 Å². The van der Waals surface area contributed by atoms with Crippen LogP contribution in [0, 0.1) is 5.82 Å². The number of hydrogen-bond acceptors (Lipinski definition) is 6. The fourth-order valence-electron chi connectivity index (χ4n) is 4.35. The van der Waals surface area contributed by atoms with Gasteiger partial charge in [0.2, 0.25) is 0 Å². The van der Waals surface area contributed by atoms with Gasteiger partial charge in [0.25, 0.3) is 10.0 Å². The molecule has 2 aromatic rings. The number of hydrazone groups is 1. The van der Waals surface area contributed by atoms with E-state index in [1.54, 1.807) is 24.3 Å². The minimum absolute atomic E-state index is 0.0434. The molecule has 4 rings (SSSR count). The lowest BCUT2D eigenvalue weighted by atomic mass is 9.87. The first kappa shape index (κ1) is 24.8. The van der Waals surface area contributed by atoms with E-state index in [1.807, 2.05) is 6.92 Å². The fourth-order valence-corrected chi connectivity index (χ4v) is 5.58. The van der Waals surface area contributed by atoms with Crippen LogP contribution in [-0.4, -0.2) is 44.5 Å². The summed E-state index contributed by atoms with van der Waals surface area (Å²) in [6, 6.07) is 9.45. The molecular formula is C24H31ClFN5O2S. The lowest BCUT2D eigenvalue weighted by Crippen LogP contribution is -2.47. The molecule has 1 saturated heterocycles. The highest BCUT2D eigenvalue weighted by Crippen LogP contribution is 2.32. The van der Waals surface area contributed by atoms with Crippen LogP contribution in [0.4, 0.5) is 10.1 Å². The van der Waals surface area contributed by atoms with Crippen LogP contribution >= 0.6 is 11.6 Å². The maximum absolute atomic E-state index is 14.5. The van der Waals surface area contributed by atoms with Gasteiger partial charge in [0, 0.05) is 24.2 Å². The average Bonchev–Trinajstić information content (AvgIpc) is 3.44. The van der Waals surface area contributed by atoms with Gasteiger partial charge in [0.15, 0.2) is 5.84 Å². The number of halogens is 2. The van der Waals surface area contributed by atoms with Crippen molar-refractivity contribution in [1.82, 2.24) is 15.6 Å². The van der Waals surface area contributed by atoms with Crippen molar-refractivity contribution >= 4 is 33.1 Å². The molecule has 2 atom stereocenters. The predicted octanol–water partition coefficient (Wildman–Crippen LogP) is 4.24. The number of hydrogen-bond donors (Lipinski definition) is 3. The summed E-state index contributed by atoms with van der Waals surface area (Å²) in [5, 5.41) is 7.76. The molecule has 0 spiro atoms. The number of amidine groups is 1. The van der Waals surface area contributed by atoms with E-state index < -0.39 is 15.8 Å². The van der Waals surface area contributed by atoms with Gasteiger partial charge in [-0.1, -0.05) is 51.4 Å². The predicted molar refractivity (Wildman–Crippen MR) is 134 cm³/mol. The summed E-state index contributed by atoms with van der Waals surface area (Å²) in [7, 11) is -3.98. The zero-order chi connectivity index (χ0) is 24.7. The minimum Gasteiger partial charge on any atom is -0.329 e. The normalized spacial score (nSPS) is 20.9. The van der Waals surface area contributed by atoms with Gasteiger partial charge in [-0.2, -0.15) is 5.10 Å². The Balaban J connectivity index is 1.71. The Bertz CT molecular complexity index is 1190. The number of rotatable bonds is 6. The summed E-state index contributed by atoms with van der Waals surface area (Å²) in [5.41, 5.74) is 4.56. The number of sulfonamides is 1. The van der Waals surface area contributed by atoms with Crippen molar-refractivity contribution in [3.05, 3.63) is 58.4 Å². The molecule has 0 aliphatic carbocycles. The van der Waals surface area contributed by atoms with Gasteiger partial charge in [-0.05, 0) is 48.6 Å². The molecule has 0 amide bonds. The third-order valence-electron chi connectivity index (χ3n) is 6.29. The number of anilines is 1. The number of nitrogens with zero attached hydrogens (tertiary/aromatic N) is 2. The van der Waals surface area contributed by atoms with Crippen LogP contribution in [0.25, 0.3) is 0 Å². The number of benzene rings is 2.